The molecule has 104 valence electrons. The minimum absolute atomic E-state index is 0.123. The molecule has 0 fully saturated rings. The van der Waals surface area contributed by atoms with Crippen molar-refractivity contribution in [1.29, 1.82) is 0 Å². The average molecular weight is 260 g/mol. The van der Waals surface area contributed by atoms with E-state index in [1.807, 2.05) is 0 Å². The van der Waals surface area contributed by atoms with Gasteiger partial charge in [-0.25, -0.2) is 0 Å². The van der Waals surface area contributed by atoms with Gasteiger partial charge in [0.15, 0.2) is 0 Å². The van der Waals surface area contributed by atoms with E-state index in [1.54, 1.807) is 7.05 Å². The lowest BCUT2D eigenvalue weighted by atomic mass is 10.3. The van der Waals surface area contributed by atoms with Crippen LogP contribution in [0.2, 0.25) is 0 Å². The molecule has 0 spiro atoms. The smallest absolute Gasteiger partial charge is 0.315 e. The molecular formula is C11H20N2O5. The number of carbonyl (C=O) groups is 3. The zero-order valence-electron chi connectivity index (χ0n) is 11.3. The van der Waals surface area contributed by atoms with Crippen molar-refractivity contribution in [2.45, 2.75) is 12.8 Å². The van der Waals surface area contributed by atoms with E-state index < -0.39 is 11.9 Å². The fraction of sp³-hybridized carbons (Fsp3) is 0.727. The van der Waals surface area contributed by atoms with Crippen LogP contribution in [0.25, 0.3) is 0 Å². The maximum atomic E-state index is 11.6. The fourth-order valence-corrected chi connectivity index (χ4v) is 1.19. The van der Waals surface area contributed by atoms with Crippen molar-refractivity contribution in [2.24, 2.45) is 0 Å². The molecule has 0 saturated carbocycles. The van der Waals surface area contributed by atoms with E-state index in [1.165, 1.54) is 31.1 Å². The summed E-state index contributed by atoms with van der Waals surface area (Å²) in [6.07, 6.45) is -0.0703. The van der Waals surface area contributed by atoms with Crippen LogP contribution in [0.5, 0.6) is 0 Å². The second kappa shape index (κ2) is 8.46. The van der Waals surface area contributed by atoms with Crippen LogP contribution >= 0.6 is 0 Å². The molecule has 0 rings (SSSR count). The lowest BCUT2D eigenvalue weighted by Crippen LogP contribution is -2.41. The number of hydrogen-bond donors (Lipinski definition) is 0. The molecule has 0 radical (unpaired) electrons. The number of esters is 1. The molecule has 0 saturated heterocycles. The highest BCUT2D eigenvalue weighted by Gasteiger charge is 2.17. The SMILES string of the molecule is COCCC(=O)N(C)CN(C)C(=O)CC(=O)OC. The Labute approximate surface area is 107 Å². The Kier molecular flexibility index (Phi) is 7.69. The van der Waals surface area contributed by atoms with E-state index in [0.717, 1.165) is 0 Å². The van der Waals surface area contributed by atoms with Gasteiger partial charge in [0.25, 0.3) is 0 Å². The molecule has 2 amide bonds. The maximum Gasteiger partial charge on any atom is 0.315 e. The van der Waals surface area contributed by atoms with Crippen molar-refractivity contribution in [3.63, 3.8) is 0 Å². The summed E-state index contributed by atoms with van der Waals surface area (Å²) < 4.78 is 9.19. The molecule has 0 aromatic carbocycles. The van der Waals surface area contributed by atoms with E-state index in [2.05, 4.69) is 4.74 Å². The first kappa shape index (κ1) is 16.4. The van der Waals surface area contributed by atoms with E-state index in [0.29, 0.717) is 6.61 Å². The molecule has 0 atom stereocenters. The third-order valence-corrected chi connectivity index (χ3v) is 2.32. The molecule has 0 aromatic rings. The molecule has 0 bridgehead atoms. The van der Waals surface area contributed by atoms with Crippen molar-refractivity contribution < 1.29 is 23.9 Å². The summed E-state index contributed by atoms with van der Waals surface area (Å²) in [6.45, 7) is 0.460. The van der Waals surface area contributed by atoms with Gasteiger partial charge in [-0.15, -0.1) is 0 Å². The lowest BCUT2D eigenvalue weighted by molar-refractivity contribution is -0.147. The van der Waals surface area contributed by atoms with E-state index in [-0.39, 0.29) is 25.4 Å². The van der Waals surface area contributed by atoms with E-state index in [9.17, 15) is 14.4 Å². The normalized spacial score (nSPS) is 9.78. The summed E-state index contributed by atoms with van der Waals surface area (Å²) in [6, 6.07) is 0. The minimum Gasteiger partial charge on any atom is -0.469 e. The van der Waals surface area contributed by atoms with Gasteiger partial charge in [-0.3, -0.25) is 14.4 Å². The molecule has 0 aliphatic heterocycles. The van der Waals surface area contributed by atoms with Gasteiger partial charge in [0.1, 0.15) is 6.42 Å². The van der Waals surface area contributed by atoms with Gasteiger partial charge in [-0.2, -0.15) is 0 Å². The van der Waals surface area contributed by atoms with Crippen molar-refractivity contribution in [3.05, 3.63) is 0 Å². The van der Waals surface area contributed by atoms with Gasteiger partial charge in [-0.05, 0) is 0 Å². The van der Waals surface area contributed by atoms with Gasteiger partial charge in [0.2, 0.25) is 11.8 Å². The Morgan fingerprint density at radius 1 is 1.00 bits per heavy atom. The summed E-state index contributed by atoms with van der Waals surface area (Å²) in [5.41, 5.74) is 0. The second-order valence-corrected chi connectivity index (χ2v) is 3.82. The highest BCUT2D eigenvalue weighted by Crippen LogP contribution is 1.97. The number of hydrogen-bond acceptors (Lipinski definition) is 5. The molecule has 0 heterocycles. The van der Waals surface area contributed by atoms with Crippen LogP contribution in [0.3, 0.4) is 0 Å². The quantitative estimate of drug-likeness (QED) is 0.349. The van der Waals surface area contributed by atoms with Crippen LogP contribution in [-0.4, -0.2) is 69.2 Å². The highest BCUT2D eigenvalue weighted by molar-refractivity contribution is 5.94. The first-order chi connectivity index (χ1) is 8.42. The maximum absolute atomic E-state index is 11.6. The number of rotatable bonds is 7. The number of amides is 2. The summed E-state index contributed by atoms with van der Waals surface area (Å²) in [5.74, 6) is -1.12. The van der Waals surface area contributed by atoms with Crippen molar-refractivity contribution >= 4 is 17.8 Å². The molecule has 7 nitrogen and oxygen atoms in total. The Morgan fingerprint density at radius 2 is 1.56 bits per heavy atom. The van der Waals surface area contributed by atoms with Gasteiger partial charge in [0.05, 0.1) is 26.8 Å². The molecule has 0 aliphatic rings. The Morgan fingerprint density at radius 3 is 2.06 bits per heavy atom. The minimum atomic E-state index is -0.597. The average Bonchev–Trinajstić information content (AvgIpc) is 2.35. The van der Waals surface area contributed by atoms with Crippen LogP contribution in [0.15, 0.2) is 0 Å². The number of methoxy groups -OCH3 is 2. The van der Waals surface area contributed by atoms with E-state index in [4.69, 9.17) is 4.74 Å². The summed E-state index contributed by atoms with van der Waals surface area (Å²) >= 11 is 0. The second-order valence-electron chi connectivity index (χ2n) is 3.82. The predicted molar refractivity (Wildman–Crippen MR) is 63.5 cm³/mol. The standard InChI is InChI=1S/C11H20N2O5/c1-12(9(14)5-6-17-3)8-13(2)10(15)7-11(16)18-4/h5-8H2,1-4H3. The zero-order valence-corrected chi connectivity index (χ0v) is 11.3. The van der Waals surface area contributed by atoms with Crippen LogP contribution in [0.4, 0.5) is 0 Å². The third kappa shape index (κ3) is 6.19. The molecular weight excluding hydrogens is 240 g/mol. The van der Waals surface area contributed by atoms with Gasteiger partial charge < -0.3 is 19.3 Å². The first-order valence-electron chi connectivity index (χ1n) is 5.46. The van der Waals surface area contributed by atoms with Crippen molar-refractivity contribution in [1.82, 2.24) is 9.80 Å². The van der Waals surface area contributed by atoms with E-state index >= 15 is 0 Å². The monoisotopic (exact) mass is 260 g/mol. The molecule has 0 aliphatic carbocycles. The number of carbonyl (C=O) groups excluding carboxylic acids is 3. The Bertz CT molecular complexity index is 306. The largest absolute Gasteiger partial charge is 0.469 e. The zero-order chi connectivity index (χ0) is 14.1. The van der Waals surface area contributed by atoms with Crippen LogP contribution < -0.4 is 0 Å². The topological polar surface area (TPSA) is 76.2 Å². The first-order valence-corrected chi connectivity index (χ1v) is 5.46. The summed E-state index contributed by atoms with van der Waals surface area (Å²) in [5, 5.41) is 0. The lowest BCUT2D eigenvalue weighted by Gasteiger charge is -2.24. The Hall–Kier alpha value is -1.63. The van der Waals surface area contributed by atoms with Crippen LogP contribution in [0, 0.1) is 0 Å². The van der Waals surface area contributed by atoms with Gasteiger partial charge >= 0.3 is 5.97 Å². The molecule has 0 aromatic heterocycles. The molecule has 0 unspecified atom stereocenters. The fourth-order valence-electron chi connectivity index (χ4n) is 1.19. The molecule has 18 heavy (non-hydrogen) atoms. The van der Waals surface area contributed by atoms with Crippen LogP contribution in [0.1, 0.15) is 12.8 Å². The summed E-state index contributed by atoms with van der Waals surface area (Å²) in [7, 11) is 5.83. The summed E-state index contributed by atoms with van der Waals surface area (Å²) in [4.78, 5) is 36.7. The molecule has 0 N–H and O–H groups in total. The highest BCUT2D eigenvalue weighted by atomic mass is 16.5. The molecule has 7 heteroatoms. The number of nitrogens with zero attached hydrogens (tertiary/aromatic N) is 2. The number of ether oxygens (including phenoxy) is 2. The van der Waals surface area contributed by atoms with Crippen molar-refractivity contribution in [3.8, 4) is 0 Å². The third-order valence-electron chi connectivity index (χ3n) is 2.32. The van der Waals surface area contributed by atoms with Gasteiger partial charge in [-0.1, -0.05) is 0 Å². The van der Waals surface area contributed by atoms with Crippen LogP contribution in [-0.2, 0) is 23.9 Å². The predicted octanol–water partition coefficient (Wildman–Crippen LogP) is -0.540. The van der Waals surface area contributed by atoms with Crippen molar-refractivity contribution in [2.75, 3.05) is 41.6 Å². The Balaban J connectivity index is 4.13. The van der Waals surface area contributed by atoms with Gasteiger partial charge in [0, 0.05) is 21.2 Å².